The lowest BCUT2D eigenvalue weighted by atomic mass is 10.1. The summed E-state index contributed by atoms with van der Waals surface area (Å²) in [4.78, 5) is 13.3. The molecule has 0 aliphatic rings. The quantitative estimate of drug-likeness (QED) is 0.748. The van der Waals surface area contributed by atoms with Crippen LogP contribution >= 0.6 is 0 Å². The summed E-state index contributed by atoms with van der Waals surface area (Å²) in [7, 11) is 1.77. The zero-order chi connectivity index (χ0) is 12.7. The Bertz CT molecular complexity index is 349. The first-order valence-corrected chi connectivity index (χ1v) is 5.71. The molecule has 4 heteroatoms. The van der Waals surface area contributed by atoms with E-state index in [1.54, 1.807) is 11.9 Å². The van der Waals surface area contributed by atoms with Crippen molar-refractivity contribution in [3.8, 4) is 0 Å². The molecule has 0 saturated carbocycles. The molecule has 0 aliphatic heterocycles. The van der Waals surface area contributed by atoms with Gasteiger partial charge in [-0.1, -0.05) is 29.8 Å². The number of benzene rings is 1. The maximum absolute atomic E-state index is 11.6. The van der Waals surface area contributed by atoms with Crippen molar-refractivity contribution in [2.45, 2.75) is 13.5 Å². The number of amides is 1. The van der Waals surface area contributed by atoms with E-state index in [-0.39, 0.29) is 12.5 Å². The minimum absolute atomic E-state index is 0.0287. The molecule has 1 amide bonds. The fourth-order valence-corrected chi connectivity index (χ4v) is 1.41. The number of carbonyl (C=O) groups excluding carboxylic acids is 1. The third-order valence-electron chi connectivity index (χ3n) is 2.45. The van der Waals surface area contributed by atoms with Gasteiger partial charge in [0.1, 0.15) is 6.61 Å². The number of rotatable bonds is 6. The maximum atomic E-state index is 11.6. The van der Waals surface area contributed by atoms with Crippen molar-refractivity contribution in [3.63, 3.8) is 0 Å². The highest BCUT2D eigenvalue weighted by molar-refractivity contribution is 5.77. The fraction of sp³-hybridized carbons (Fsp3) is 0.462. The minimum Gasteiger partial charge on any atom is -0.370 e. The molecule has 1 aromatic rings. The van der Waals surface area contributed by atoms with E-state index >= 15 is 0 Å². The molecule has 1 rings (SSSR count). The summed E-state index contributed by atoms with van der Waals surface area (Å²) in [5.74, 6) is -0.0287. The number of nitrogens with two attached hydrogens (primary N) is 1. The van der Waals surface area contributed by atoms with Crippen LogP contribution in [0, 0.1) is 6.92 Å². The van der Waals surface area contributed by atoms with E-state index in [0.29, 0.717) is 19.7 Å². The Balaban J connectivity index is 2.40. The summed E-state index contributed by atoms with van der Waals surface area (Å²) in [5, 5.41) is 0. The lowest BCUT2D eigenvalue weighted by Gasteiger charge is -2.17. The van der Waals surface area contributed by atoms with Crippen LogP contribution in [0.5, 0.6) is 0 Å². The number of ether oxygens (including phenoxy) is 1. The van der Waals surface area contributed by atoms with Gasteiger partial charge < -0.3 is 15.4 Å². The Kier molecular flexibility index (Phi) is 5.66. The first-order valence-electron chi connectivity index (χ1n) is 5.71. The van der Waals surface area contributed by atoms with E-state index in [1.165, 1.54) is 5.56 Å². The van der Waals surface area contributed by atoms with Crippen molar-refractivity contribution >= 4 is 5.91 Å². The summed E-state index contributed by atoms with van der Waals surface area (Å²) in [5.41, 5.74) is 7.61. The van der Waals surface area contributed by atoms with Crippen LogP contribution in [0.15, 0.2) is 24.3 Å². The monoisotopic (exact) mass is 236 g/mol. The summed E-state index contributed by atoms with van der Waals surface area (Å²) in [6.45, 7) is 3.60. The number of hydrogen-bond donors (Lipinski definition) is 1. The molecular formula is C13H20N2O2. The number of nitrogens with zero attached hydrogens (tertiary/aromatic N) is 1. The van der Waals surface area contributed by atoms with Gasteiger partial charge in [-0.05, 0) is 12.5 Å². The Morgan fingerprint density at radius 3 is 2.59 bits per heavy atom. The third-order valence-corrected chi connectivity index (χ3v) is 2.45. The van der Waals surface area contributed by atoms with Gasteiger partial charge in [0.05, 0.1) is 6.61 Å². The maximum Gasteiger partial charge on any atom is 0.248 e. The van der Waals surface area contributed by atoms with Gasteiger partial charge in [0, 0.05) is 20.1 Å². The average molecular weight is 236 g/mol. The molecule has 0 fully saturated rings. The number of likely N-dealkylation sites (N-methyl/N-ethyl adjacent to an activating group) is 1. The van der Waals surface area contributed by atoms with Crippen LogP contribution < -0.4 is 5.73 Å². The molecule has 0 saturated heterocycles. The van der Waals surface area contributed by atoms with Gasteiger partial charge in [0.15, 0.2) is 0 Å². The summed E-state index contributed by atoms with van der Waals surface area (Å²) < 4.78 is 5.11. The number of aryl methyl sites for hydroxylation is 1. The molecule has 17 heavy (non-hydrogen) atoms. The topological polar surface area (TPSA) is 55.6 Å². The van der Waals surface area contributed by atoms with Crippen LogP contribution in [0.25, 0.3) is 0 Å². The van der Waals surface area contributed by atoms with E-state index in [2.05, 4.69) is 0 Å². The van der Waals surface area contributed by atoms with Crippen LogP contribution in [0.4, 0.5) is 0 Å². The lowest BCUT2D eigenvalue weighted by Crippen LogP contribution is -2.30. The molecule has 4 nitrogen and oxygen atoms in total. The molecule has 0 aromatic heterocycles. The molecule has 0 aliphatic carbocycles. The van der Waals surface area contributed by atoms with Crippen molar-refractivity contribution in [3.05, 3.63) is 35.4 Å². The van der Waals surface area contributed by atoms with Gasteiger partial charge in [-0.15, -0.1) is 0 Å². The van der Waals surface area contributed by atoms with Gasteiger partial charge in [0.25, 0.3) is 0 Å². The molecular weight excluding hydrogens is 216 g/mol. The van der Waals surface area contributed by atoms with Crippen LogP contribution in [-0.4, -0.2) is 37.6 Å². The van der Waals surface area contributed by atoms with Crippen molar-refractivity contribution in [1.82, 2.24) is 4.90 Å². The van der Waals surface area contributed by atoms with Crippen LogP contribution in [0.2, 0.25) is 0 Å². The molecule has 2 N–H and O–H groups in total. The molecule has 0 bridgehead atoms. The minimum atomic E-state index is -0.0287. The van der Waals surface area contributed by atoms with E-state index in [9.17, 15) is 4.79 Å². The van der Waals surface area contributed by atoms with Gasteiger partial charge in [-0.25, -0.2) is 0 Å². The average Bonchev–Trinajstić information content (AvgIpc) is 2.32. The highest BCUT2D eigenvalue weighted by atomic mass is 16.5. The zero-order valence-electron chi connectivity index (χ0n) is 10.5. The SMILES string of the molecule is Cc1ccc(CN(C)C(=O)COCCN)cc1. The van der Waals surface area contributed by atoms with Crippen molar-refractivity contribution in [2.75, 3.05) is 26.8 Å². The smallest absolute Gasteiger partial charge is 0.248 e. The van der Waals surface area contributed by atoms with Crippen molar-refractivity contribution in [2.24, 2.45) is 5.73 Å². The van der Waals surface area contributed by atoms with Gasteiger partial charge >= 0.3 is 0 Å². The van der Waals surface area contributed by atoms with Crippen LogP contribution in [0.3, 0.4) is 0 Å². The van der Waals surface area contributed by atoms with E-state index in [0.717, 1.165) is 5.56 Å². The highest BCUT2D eigenvalue weighted by Gasteiger charge is 2.08. The largest absolute Gasteiger partial charge is 0.370 e. The van der Waals surface area contributed by atoms with Gasteiger partial charge in [0.2, 0.25) is 5.91 Å². The van der Waals surface area contributed by atoms with Gasteiger partial charge in [-0.3, -0.25) is 4.79 Å². The number of hydrogen-bond acceptors (Lipinski definition) is 3. The predicted molar refractivity (Wildman–Crippen MR) is 67.5 cm³/mol. The zero-order valence-corrected chi connectivity index (χ0v) is 10.5. The standard InChI is InChI=1S/C13H20N2O2/c1-11-3-5-12(6-4-11)9-15(2)13(16)10-17-8-7-14/h3-6H,7-10,14H2,1-2H3. The fourth-order valence-electron chi connectivity index (χ4n) is 1.41. The molecule has 0 unspecified atom stereocenters. The molecule has 1 aromatic carbocycles. The predicted octanol–water partition coefficient (Wildman–Crippen LogP) is 0.929. The van der Waals surface area contributed by atoms with Crippen LogP contribution in [-0.2, 0) is 16.1 Å². The summed E-state index contributed by atoms with van der Waals surface area (Å²) in [6, 6.07) is 8.14. The Morgan fingerprint density at radius 2 is 2.00 bits per heavy atom. The summed E-state index contributed by atoms with van der Waals surface area (Å²) >= 11 is 0. The Morgan fingerprint density at radius 1 is 1.35 bits per heavy atom. The van der Waals surface area contributed by atoms with Gasteiger partial charge in [-0.2, -0.15) is 0 Å². The van der Waals surface area contributed by atoms with Crippen LogP contribution in [0.1, 0.15) is 11.1 Å². The Hall–Kier alpha value is -1.39. The molecule has 0 radical (unpaired) electrons. The van der Waals surface area contributed by atoms with Crippen molar-refractivity contribution in [1.29, 1.82) is 0 Å². The number of carbonyl (C=O) groups is 1. The Labute approximate surface area is 102 Å². The first kappa shape index (κ1) is 13.7. The second kappa shape index (κ2) is 7.04. The van der Waals surface area contributed by atoms with E-state index in [1.807, 2.05) is 31.2 Å². The molecule has 0 atom stereocenters. The summed E-state index contributed by atoms with van der Waals surface area (Å²) in [6.07, 6.45) is 0. The lowest BCUT2D eigenvalue weighted by molar-refractivity contribution is -0.135. The molecule has 0 spiro atoms. The molecule has 94 valence electrons. The van der Waals surface area contributed by atoms with E-state index in [4.69, 9.17) is 10.5 Å². The highest BCUT2D eigenvalue weighted by Crippen LogP contribution is 2.05. The first-order chi connectivity index (χ1) is 8.13. The molecule has 0 heterocycles. The second-order valence-electron chi connectivity index (χ2n) is 4.08. The van der Waals surface area contributed by atoms with Crippen molar-refractivity contribution < 1.29 is 9.53 Å². The third kappa shape index (κ3) is 4.97. The van der Waals surface area contributed by atoms with E-state index < -0.39 is 0 Å². The normalized spacial score (nSPS) is 10.3. The second-order valence-corrected chi connectivity index (χ2v) is 4.08.